The van der Waals surface area contributed by atoms with Crippen molar-refractivity contribution in [2.75, 3.05) is 6.61 Å². The van der Waals surface area contributed by atoms with Crippen LogP contribution in [-0.4, -0.2) is 107 Å². The predicted molar refractivity (Wildman–Crippen MR) is 285 cm³/mol. The number of carbonyl (C=O) groups is 7. The third kappa shape index (κ3) is 14.4. The first-order chi connectivity index (χ1) is 35.7. The van der Waals surface area contributed by atoms with Gasteiger partial charge in [0.15, 0.2) is 12.2 Å². The number of ether oxygens (including phenoxy) is 8. The lowest BCUT2D eigenvalue weighted by Crippen LogP contribution is -2.61. The summed E-state index contributed by atoms with van der Waals surface area (Å²) in [6.07, 6.45) is 15.8. The van der Waals surface area contributed by atoms with Crippen LogP contribution in [0.25, 0.3) is 0 Å². The number of cyclic esters (lactones) is 1. The van der Waals surface area contributed by atoms with Crippen molar-refractivity contribution in [3.8, 4) is 0 Å². The molecule has 6 saturated carbocycles. The number of hydrogen-bond donors (Lipinski definition) is 1. The molecule has 0 spiro atoms. The Hall–Kier alpha value is -3.79. The second-order valence-corrected chi connectivity index (χ2v) is 28.1. The van der Waals surface area contributed by atoms with E-state index in [0.29, 0.717) is 56.5 Å². The molecule has 4 heterocycles. The topological polar surface area (TPSA) is 214 Å². The number of aliphatic hydroxyl groups is 1. The van der Waals surface area contributed by atoms with Gasteiger partial charge in [0.1, 0.15) is 23.4 Å². The summed E-state index contributed by atoms with van der Waals surface area (Å²) in [6, 6.07) is 0. The molecule has 16 nitrogen and oxygen atoms in total. The van der Waals surface area contributed by atoms with Crippen molar-refractivity contribution in [2.24, 2.45) is 50.7 Å². The molecule has 77 heavy (non-hydrogen) atoms. The lowest BCUT2D eigenvalue weighted by atomic mass is 9.52. The minimum absolute atomic E-state index is 0.0132. The van der Waals surface area contributed by atoms with Gasteiger partial charge < -0.3 is 43.0 Å². The maximum absolute atomic E-state index is 12.7. The minimum atomic E-state index is -0.687. The van der Waals surface area contributed by atoms with Crippen LogP contribution in [0.2, 0.25) is 0 Å². The van der Waals surface area contributed by atoms with Gasteiger partial charge in [0.2, 0.25) is 6.10 Å². The Morgan fingerprint density at radius 3 is 1.57 bits per heavy atom. The fraction of sp³-hybridized carbons (Fsp3) is 0.885. The van der Waals surface area contributed by atoms with Gasteiger partial charge in [-0.2, -0.15) is 0 Å². The van der Waals surface area contributed by atoms with Crippen LogP contribution in [0.3, 0.4) is 0 Å². The average Bonchev–Trinajstić information content (AvgIpc) is 4.20. The zero-order chi connectivity index (χ0) is 57.3. The van der Waals surface area contributed by atoms with E-state index in [2.05, 4.69) is 0 Å². The predicted octanol–water partition coefficient (Wildman–Crippen LogP) is 10.8. The van der Waals surface area contributed by atoms with Gasteiger partial charge in [0.25, 0.3) is 0 Å². The third-order valence-corrected chi connectivity index (χ3v) is 19.2. The molecule has 1 N–H and O–H groups in total. The van der Waals surface area contributed by atoms with E-state index in [1.54, 1.807) is 13.8 Å². The summed E-state index contributed by atoms with van der Waals surface area (Å²) >= 11 is 0. The van der Waals surface area contributed by atoms with Crippen LogP contribution in [0.4, 0.5) is 0 Å². The summed E-state index contributed by atoms with van der Waals surface area (Å²) in [5.74, 6) is -0.0927. The molecular weight excluding hydrogens is 989 g/mol. The van der Waals surface area contributed by atoms with Crippen LogP contribution in [0.5, 0.6) is 0 Å². The molecule has 8 unspecified atom stereocenters. The van der Waals surface area contributed by atoms with Gasteiger partial charge in [-0.3, -0.25) is 28.8 Å². The number of esters is 7. The maximum atomic E-state index is 12.7. The van der Waals surface area contributed by atoms with Crippen LogP contribution in [-0.2, 0) is 71.5 Å². The molecule has 10 rings (SSSR count). The highest BCUT2D eigenvalue weighted by molar-refractivity contribution is 5.83. The molecule has 438 valence electrons. The summed E-state index contributed by atoms with van der Waals surface area (Å²) < 4.78 is 44.1. The second kappa shape index (κ2) is 23.7. The first-order valence-electron chi connectivity index (χ1n) is 29.5. The van der Waals surface area contributed by atoms with Crippen molar-refractivity contribution in [1.29, 1.82) is 0 Å². The van der Waals surface area contributed by atoms with Crippen molar-refractivity contribution in [3.63, 3.8) is 0 Å². The van der Waals surface area contributed by atoms with Crippen LogP contribution in [0.15, 0.2) is 0 Å². The van der Waals surface area contributed by atoms with Crippen molar-refractivity contribution < 1.29 is 76.6 Å². The molecule has 6 bridgehead atoms. The van der Waals surface area contributed by atoms with Crippen LogP contribution in [0, 0.1) is 50.7 Å². The van der Waals surface area contributed by atoms with E-state index < -0.39 is 57.0 Å². The largest absolute Gasteiger partial charge is 0.463 e. The second-order valence-electron chi connectivity index (χ2n) is 28.1. The van der Waals surface area contributed by atoms with E-state index in [0.717, 1.165) is 89.9 Å². The maximum Gasteiger partial charge on any atom is 0.347 e. The summed E-state index contributed by atoms with van der Waals surface area (Å²) in [5, 5.41) is 10.6. The molecule has 0 aromatic carbocycles. The standard InChI is InChI=1S/C22H38O4.C16H26O3.C13H18O5.C10H16O4/c1-7-21(5,6)19(24)26-22(14-8-9-15-22)16-10-12-17(13-11-16)25-18(23)20(2,3)4;1-4-14(2,3)13(17)19-16-8-11-5-12(9-16)7-15(18,6-11)10-16;1-4-13(2,3)12(15)18-9-7-5-6-8(16-7)10(9)17-11(6)14;1-4-10(2,3)9(12)14-7-5-6-13-8(7)11/h16-17H,7-15H2,1-6H3;11-12,18H,4-10H2,1-3H3;6-10H,4-5H2,1-3H3;7H,4-6H2,1-3H3. The zero-order valence-electron chi connectivity index (χ0n) is 49.7. The third-order valence-electron chi connectivity index (χ3n) is 19.2. The van der Waals surface area contributed by atoms with Crippen molar-refractivity contribution in [2.45, 2.75) is 286 Å². The Morgan fingerprint density at radius 1 is 0.584 bits per heavy atom. The molecule has 10 fully saturated rings. The van der Waals surface area contributed by atoms with E-state index in [4.69, 9.17) is 37.9 Å². The number of rotatable bonds is 14. The highest BCUT2D eigenvalue weighted by atomic mass is 16.7. The molecule has 4 saturated heterocycles. The van der Waals surface area contributed by atoms with Gasteiger partial charge in [-0.05, 0) is 209 Å². The smallest absolute Gasteiger partial charge is 0.347 e. The van der Waals surface area contributed by atoms with Crippen molar-refractivity contribution in [3.05, 3.63) is 0 Å². The lowest BCUT2D eigenvalue weighted by Gasteiger charge is -2.59. The molecule has 10 aliphatic rings. The van der Waals surface area contributed by atoms with E-state index >= 15 is 0 Å². The normalized spacial score (nSPS) is 33.5. The molecule has 0 aromatic heterocycles. The number of carbonyl (C=O) groups excluding carboxylic acids is 7. The van der Waals surface area contributed by atoms with E-state index in [1.165, 1.54) is 6.42 Å². The van der Waals surface area contributed by atoms with Gasteiger partial charge in [0.05, 0.1) is 51.3 Å². The fourth-order valence-electron chi connectivity index (χ4n) is 12.6. The van der Waals surface area contributed by atoms with Gasteiger partial charge in [-0.25, -0.2) is 4.79 Å². The Labute approximate surface area is 459 Å². The highest BCUT2D eigenvalue weighted by Crippen LogP contribution is 2.59. The van der Waals surface area contributed by atoms with Crippen LogP contribution < -0.4 is 0 Å². The monoisotopic (exact) mass is 1090 g/mol. The molecule has 8 atom stereocenters. The van der Waals surface area contributed by atoms with Crippen molar-refractivity contribution >= 4 is 41.8 Å². The quantitative estimate of drug-likeness (QED) is 0.126. The van der Waals surface area contributed by atoms with Gasteiger partial charge in [-0.15, -0.1) is 0 Å². The number of hydrogen-bond acceptors (Lipinski definition) is 16. The molecule has 0 aromatic rings. The summed E-state index contributed by atoms with van der Waals surface area (Å²) in [4.78, 5) is 83.4. The Morgan fingerprint density at radius 2 is 1.09 bits per heavy atom. The first-order valence-corrected chi connectivity index (χ1v) is 29.5. The first kappa shape index (κ1) is 62.4. The molecular formula is C61H98O16. The minimum Gasteiger partial charge on any atom is -0.463 e. The van der Waals surface area contributed by atoms with Gasteiger partial charge >= 0.3 is 41.8 Å². The Bertz CT molecular complexity index is 2120. The SMILES string of the molecule is CCC(C)(C)C(=O)OC1(C2CCC(OC(=O)C(C)(C)C)CC2)CCCC1.CCC(C)(C)C(=O)OC12CC3CC(CC(O)(C3)C1)C2.CCC(C)(C)C(=O)OC1C2CC3C(=O)OC1C3O2.CCC(C)(C)C(=O)OC1CCOC1=O. The average molecular weight is 1090 g/mol. The van der Waals surface area contributed by atoms with Crippen LogP contribution in [0.1, 0.15) is 232 Å². The van der Waals surface area contributed by atoms with Crippen LogP contribution >= 0.6 is 0 Å². The van der Waals surface area contributed by atoms with Crippen molar-refractivity contribution in [1.82, 2.24) is 0 Å². The summed E-state index contributed by atoms with van der Waals surface area (Å²) in [6.45, 7) is 29.1. The summed E-state index contributed by atoms with van der Waals surface area (Å²) in [5.41, 5.74) is -3.52. The van der Waals surface area contributed by atoms with E-state index in [9.17, 15) is 38.7 Å². The molecule has 6 aliphatic carbocycles. The molecule has 16 heteroatoms. The zero-order valence-corrected chi connectivity index (χ0v) is 49.7. The Kier molecular flexibility index (Phi) is 19.2. The van der Waals surface area contributed by atoms with E-state index in [1.807, 2.05) is 90.0 Å². The van der Waals surface area contributed by atoms with Gasteiger partial charge in [0, 0.05) is 12.8 Å². The van der Waals surface area contributed by atoms with Gasteiger partial charge in [-0.1, -0.05) is 27.7 Å². The highest BCUT2D eigenvalue weighted by Gasteiger charge is 2.65. The molecule has 0 radical (unpaired) electrons. The summed E-state index contributed by atoms with van der Waals surface area (Å²) in [7, 11) is 0. The van der Waals surface area contributed by atoms with E-state index in [-0.39, 0.29) is 71.2 Å². The Balaban J connectivity index is 0.000000170. The molecule has 4 aliphatic heterocycles. The molecule has 0 amide bonds. The lowest BCUT2D eigenvalue weighted by molar-refractivity contribution is -0.225. The number of fused-ring (bicyclic) bond motifs is 1. The fourth-order valence-corrected chi connectivity index (χ4v) is 12.6.